The van der Waals surface area contributed by atoms with Crippen molar-refractivity contribution in [3.05, 3.63) is 65.9 Å². The first-order valence-corrected chi connectivity index (χ1v) is 10.7. The normalized spacial score (nSPS) is 11.1. The van der Waals surface area contributed by atoms with Crippen LogP contribution in [0.3, 0.4) is 0 Å². The second-order valence-electron chi connectivity index (χ2n) is 8.59. The number of hydrogen-bond acceptors (Lipinski definition) is 6. The van der Waals surface area contributed by atoms with Gasteiger partial charge in [0.15, 0.2) is 11.5 Å². The van der Waals surface area contributed by atoms with Crippen LogP contribution in [0.5, 0.6) is 5.75 Å². The molecule has 2 aromatic carbocycles. The molecule has 8 heteroatoms. The van der Waals surface area contributed by atoms with Gasteiger partial charge in [0.2, 0.25) is 5.95 Å². The summed E-state index contributed by atoms with van der Waals surface area (Å²) in [6.07, 6.45) is 0. The molecule has 0 unspecified atom stereocenters. The zero-order valence-corrected chi connectivity index (χ0v) is 19.9. The molecule has 3 aromatic rings. The van der Waals surface area contributed by atoms with E-state index in [2.05, 4.69) is 10.3 Å². The van der Waals surface area contributed by atoms with Gasteiger partial charge in [-0.25, -0.2) is 4.79 Å². The first-order valence-electron chi connectivity index (χ1n) is 10.7. The standard InChI is InChI=1S/C25H30N4O4/c1-7-32-19-15-13-17(14-16-19)22(30)26-21-20(23(31)33-25(2,3)4)29(24(27-21)28(5)6)18-11-9-8-10-12-18/h8-16H,7H2,1-6H3,(H,26,30). The van der Waals surface area contributed by atoms with Crippen molar-refractivity contribution in [3.8, 4) is 11.4 Å². The molecule has 0 fully saturated rings. The fraction of sp³-hybridized carbons (Fsp3) is 0.320. The lowest BCUT2D eigenvalue weighted by Gasteiger charge is -2.21. The molecule has 0 atom stereocenters. The Labute approximate surface area is 194 Å². The number of hydrogen-bond donors (Lipinski definition) is 1. The van der Waals surface area contributed by atoms with Gasteiger partial charge in [-0.15, -0.1) is 0 Å². The van der Waals surface area contributed by atoms with Gasteiger partial charge in [0.05, 0.1) is 6.61 Å². The van der Waals surface area contributed by atoms with Crippen molar-refractivity contribution < 1.29 is 19.1 Å². The summed E-state index contributed by atoms with van der Waals surface area (Å²) in [5.41, 5.74) is 0.543. The zero-order valence-electron chi connectivity index (χ0n) is 19.9. The Morgan fingerprint density at radius 1 is 1.03 bits per heavy atom. The summed E-state index contributed by atoms with van der Waals surface area (Å²) in [7, 11) is 3.64. The monoisotopic (exact) mass is 450 g/mol. The van der Waals surface area contributed by atoms with Crippen molar-refractivity contribution in [2.24, 2.45) is 0 Å². The van der Waals surface area contributed by atoms with Gasteiger partial charge >= 0.3 is 5.97 Å². The van der Waals surface area contributed by atoms with Crippen LogP contribution in [0.2, 0.25) is 0 Å². The number of imidazole rings is 1. The summed E-state index contributed by atoms with van der Waals surface area (Å²) in [4.78, 5) is 32.6. The van der Waals surface area contributed by atoms with Gasteiger partial charge in [-0.3, -0.25) is 9.36 Å². The molecule has 0 aliphatic heterocycles. The summed E-state index contributed by atoms with van der Waals surface area (Å²) in [6, 6.07) is 16.1. The van der Waals surface area contributed by atoms with Crippen molar-refractivity contribution in [2.75, 3.05) is 30.9 Å². The van der Waals surface area contributed by atoms with E-state index >= 15 is 0 Å². The van der Waals surface area contributed by atoms with Crippen molar-refractivity contribution in [2.45, 2.75) is 33.3 Å². The third-order valence-electron chi connectivity index (χ3n) is 4.53. The van der Waals surface area contributed by atoms with Gasteiger partial charge < -0.3 is 19.7 Å². The van der Waals surface area contributed by atoms with E-state index in [9.17, 15) is 9.59 Å². The van der Waals surface area contributed by atoms with Crippen molar-refractivity contribution >= 4 is 23.6 Å². The number of carbonyl (C=O) groups excluding carboxylic acids is 2. The molecule has 3 rings (SSSR count). The lowest BCUT2D eigenvalue weighted by atomic mass is 10.2. The van der Waals surface area contributed by atoms with E-state index in [0.29, 0.717) is 23.9 Å². The van der Waals surface area contributed by atoms with Crippen LogP contribution in [0.25, 0.3) is 5.69 Å². The van der Waals surface area contributed by atoms with E-state index in [1.807, 2.05) is 51.4 Å². The van der Waals surface area contributed by atoms with E-state index in [-0.39, 0.29) is 11.5 Å². The predicted octanol–water partition coefficient (Wildman–Crippen LogP) is 4.54. The summed E-state index contributed by atoms with van der Waals surface area (Å²) < 4.78 is 12.8. The number of nitrogens with zero attached hydrogens (tertiary/aromatic N) is 3. The minimum atomic E-state index is -0.725. The van der Waals surface area contributed by atoms with Gasteiger partial charge in [-0.05, 0) is 64.1 Å². The molecule has 1 amide bonds. The maximum Gasteiger partial charge on any atom is 0.359 e. The molecule has 0 aliphatic carbocycles. The Morgan fingerprint density at radius 3 is 2.21 bits per heavy atom. The van der Waals surface area contributed by atoms with Crippen molar-refractivity contribution in [1.29, 1.82) is 0 Å². The number of esters is 1. The Morgan fingerprint density at radius 2 is 1.67 bits per heavy atom. The van der Waals surface area contributed by atoms with Crippen LogP contribution in [0.15, 0.2) is 54.6 Å². The molecule has 0 spiro atoms. The number of amides is 1. The van der Waals surface area contributed by atoms with E-state index in [4.69, 9.17) is 9.47 Å². The third-order valence-corrected chi connectivity index (χ3v) is 4.53. The van der Waals surface area contributed by atoms with E-state index < -0.39 is 17.5 Å². The predicted molar refractivity (Wildman–Crippen MR) is 129 cm³/mol. The smallest absolute Gasteiger partial charge is 0.359 e. The van der Waals surface area contributed by atoms with E-state index in [1.54, 1.807) is 54.5 Å². The summed E-state index contributed by atoms with van der Waals surface area (Å²) >= 11 is 0. The first-order chi connectivity index (χ1) is 15.6. The van der Waals surface area contributed by atoms with Crippen LogP contribution >= 0.6 is 0 Å². The van der Waals surface area contributed by atoms with Gasteiger partial charge in [0.25, 0.3) is 5.91 Å². The first kappa shape index (κ1) is 23.8. The molecule has 0 saturated carbocycles. The Bertz CT molecular complexity index is 1110. The van der Waals surface area contributed by atoms with E-state index in [0.717, 1.165) is 5.69 Å². The highest BCUT2D eigenvalue weighted by Gasteiger charge is 2.30. The maximum absolute atomic E-state index is 13.3. The lowest BCUT2D eigenvalue weighted by Crippen LogP contribution is -2.27. The Hall–Kier alpha value is -3.81. The number of carbonyl (C=O) groups is 2. The fourth-order valence-electron chi connectivity index (χ4n) is 3.18. The molecule has 33 heavy (non-hydrogen) atoms. The molecular formula is C25H30N4O4. The number of nitrogens with one attached hydrogen (secondary N) is 1. The maximum atomic E-state index is 13.3. The lowest BCUT2D eigenvalue weighted by molar-refractivity contribution is 0.00619. The molecule has 1 heterocycles. The Balaban J connectivity index is 2.08. The van der Waals surface area contributed by atoms with Gasteiger partial charge in [-0.1, -0.05) is 18.2 Å². The number of anilines is 2. The van der Waals surface area contributed by atoms with Crippen LogP contribution in [-0.4, -0.2) is 47.7 Å². The van der Waals surface area contributed by atoms with Gasteiger partial charge in [0.1, 0.15) is 11.4 Å². The van der Waals surface area contributed by atoms with E-state index in [1.165, 1.54) is 0 Å². The molecule has 0 saturated heterocycles. The SMILES string of the molecule is CCOc1ccc(C(=O)Nc2nc(N(C)C)n(-c3ccccc3)c2C(=O)OC(C)(C)C)cc1. The molecule has 1 N–H and O–H groups in total. The fourth-order valence-corrected chi connectivity index (χ4v) is 3.18. The number of para-hydroxylation sites is 1. The van der Waals surface area contributed by atoms with Crippen molar-refractivity contribution in [3.63, 3.8) is 0 Å². The van der Waals surface area contributed by atoms with Crippen LogP contribution in [0.4, 0.5) is 11.8 Å². The zero-order chi connectivity index (χ0) is 24.2. The summed E-state index contributed by atoms with van der Waals surface area (Å²) in [5.74, 6) is 0.284. The molecule has 0 aliphatic rings. The molecule has 8 nitrogen and oxygen atoms in total. The highest BCUT2D eigenvalue weighted by Crippen LogP contribution is 2.29. The van der Waals surface area contributed by atoms with Crippen LogP contribution in [0, 0.1) is 0 Å². The second kappa shape index (κ2) is 9.77. The van der Waals surface area contributed by atoms with Crippen molar-refractivity contribution in [1.82, 2.24) is 9.55 Å². The number of aromatic nitrogens is 2. The highest BCUT2D eigenvalue weighted by molar-refractivity contribution is 6.07. The minimum absolute atomic E-state index is 0.121. The highest BCUT2D eigenvalue weighted by atomic mass is 16.6. The molecule has 0 radical (unpaired) electrons. The quantitative estimate of drug-likeness (QED) is 0.532. The Kier molecular flexibility index (Phi) is 7.06. The second-order valence-corrected chi connectivity index (χ2v) is 8.59. The van der Waals surface area contributed by atoms with Crippen LogP contribution in [-0.2, 0) is 4.74 Å². The molecule has 0 bridgehead atoms. The van der Waals surface area contributed by atoms with Crippen LogP contribution in [0.1, 0.15) is 48.5 Å². The largest absolute Gasteiger partial charge is 0.494 e. The van der Waals surface area contributed by atoms with Crippen LogP contribution < -0.4 is 15.0 Å². The summed E-state index contributed by atoms with van der Waals surface area (Å²) in [6.45, 7) is 7.80. The average molecular weight is 451 g/mol. The molecular weight excluding hydrogens is 420 g/mol. The van der Waals surface area contributed by atoms with Gasteiger partial charge in [-0.2, -0.15) is 4.98 Å². The average Bonchev–Trinajstić information content (AvgIpc) is 3.13. The number of ether oxygens (including phenoxy) is 2. The molecule has 174 valence electrons. The number of benzene rings is 2. The van der Waals surface area contributed by atoms with Gasteiger partial charge in [0, 0.05) is 25.3 Å². The summed E-state index contributed by atoms with van der Waals surface area (Å²) in [5, 5.41) is 2.79. The number of rotatable bonds is 7. The topological polar surface area (TPSA) is 85.7 Å². The third kappa shape index (κ3) is 5.71. The minimum Gasteiger partial charge on any atom is -0.494 e. The molecule has 1 aromatic heterocycles.